The highest BCUT2D eigenvalue weighted by molar-refractivity contribution is 7.10. The molecule has 3 fully saturated rings. The van der Waals surface area contributed by atoms with Crippen LogP contribution >= 0.6 is 11.3 Å². The summed E-state index contributed by atoms with van der Waals surface area (Å²) in [5, 5.41) is 15.6. The number of hydrogen-bond acceptors (Lipinski definition) is 8. The molecule has 11 heteroatoms. The molecule has 1 atom stereocenters. The molecule has 1 unspecified atom stereocenters. The number of hydrogen-bond donors (Lipinski definition) is 2. The molecule has 3 aliphatic rings. The summed E-state index contributed by atoms with van der Waals surface area (Å²) in [7, 11) is 0. The van der Waals surface area contributed by atoms with Gasteiger partial charge in [0.05, 0.1) is 24.8 Å². The fourth-order valence-electron chi connectivity index (χ4n) is 6.10. The lowest BCUT2D eigenvalue weighted by Gasteiger charge is -2.35. The highest BCUT2D eigenvalue weighted by Crippen LogP contribution is 2.27. The van der Waals surface area contributed by atoms with E-state index in [0.29, 0.717) is 24.3 Å². The molecule has 0 bridgehead atoms. The van der Waals surface area contributed by atoms with Crippen molar-refractivity contribution >= 4 is 34.7 Å². The summed E-state index contributed by atoms with van der Waals surface area (Å²) in [6, 6.07) is 9.51. The number of amides is 3. The zero-order chi connectivity index (χ0) is 28.9. The number of carbonyl (C=O) groups excluding carboxylic acids is 3. The van der Waals surface area contributed by atoms with E-state index in [9.17, 15) is 14.4 Å². The fraction of sp³-hybridized carbons (Fsp3) is 0.516. The van der Waals surface area contributed by atoms with Gasteiger partial charge in [0, 0.05) is 47.6 Å². The molecule has 0 spiro atoms. The number of carbonyl (C=O) groups is 3. The lowest BCUT2D eigenvalue weighted by molar-refractivity contribution is -0.136. The van der Waals surface area contributed by atoms with Crippen molar-refractivity contribution < 1.29 is 19.1 Å². The van der Waals surface area contributed by atoms with Gasteiger partial charge in [0.25, 0.3) is 5.91 Å². The zero-order valence-electron chi connectivity index (χ0n) is 23.8. The van der Waals surface area contributed by atoms with Gasteiger partial charge in [-0.2, -0.15) is 0 Å². The standard InChI is InChI=1S/C31H38N6O4S/c38-29-11-10-28(31(40)33-29)37-19-27(34-35-37)22-16-26(42-20-22)17-30(39)32-23-8-6-21(7-9-23)18-36-14-12-25(13-15-36)41-24-4-2-1-3-5-24/h6-9,16,19-20,24-25,28H,1-5,10-15,17-18H2,(H,32,39)(H,33,38,40). The summed E-state index contributed by atoms with van der Waals surface area (Å²) in [4.78, 5) is 39.7. The number of imide groups is 1. The molecule has 0 radical (unpaired) electrons. The number of anilines is 1. The second kappa shape index (κ2) is 13.3. The number of likely N-dealkylation sites (tertiary alicyclic amines) is 1. The number of thiophene rings is 1. The number of aromatic nitrogens is 3. The van der Waals surface area contributed by atoms with Gasteiger partial charge in [-0.05, 0) is 55.9 Å². The van der Waals surface area contributed by atoms with Crippen LogP contribution < -0.4 is 10.6 Å². The predicted molar refractivity (Wildman–Crippen MR) is 160 cm³/mol. The summed E-state index contributed by atoms with van der Waals surface area (Å²) >= 11 is 1.48. The van der Waals surface area contributed by atoms with Crippen molar-refractivity contribution in [3.63, 3.8) is 0 Å². The van der Waals surface area contributed by atoms with E-state index < -0.39 is 6.04 Å². The maximum absolute atomic E-state index is 12.7. The van der Waals surface area contributed by atoms with Gasteiger partial charge in [-0.15, -0.1) is 16.4 Å². The number of piperidine rings is 2. The van der Waals surface area contributed by atoms with Gasteiger partial charge in [0.1, 0.15) is 11.7 Å². The Bertz CT molecular complexity index is 1390. The van der Waals surface area contributed by atoms with Gasteiger partial charge in [0.15, 0.2) is 0 Å². The molecule has 6 rings (SSSR count). The molecule has 1 aliphatic carbocycles. The lowest BCUT2D eigenvalue weighted by Crippen LogP contribution is -2.41. The fourth-order valence-corrected chi connectivity index (χ4v) is 6.97. The van der Waals surface area contributed by atoms with Gasteiger partial charge in [-0.1, -0.05) is 36.6 Å². The van der Waals surface area contributed by atoms with Crippen LogP contribution in [0.3, 0.4) is 0 Å². The van der Waals surface area contributed by atoms with Crippen molar-refractivity contribution in [3.05, 3.63) is 52.3 Å². The monoisotopic (exact) mass is 590 g/mol. The quantitative estimate of drug-likeness (QED) is 0.353. The Morgan fingerprint density at radius 2 is 1.79 bits per heavy atom. The number of nitrogens with zero attached hydrogens (tertiary/aromatic N) is 4. The topological polar surface area (TPSA) is 118 Å². The molecule has 3 amide bonds. The van der Waals surface area contributed by atoms with E-state index in [0.717, 1.165) is 48.6 Å². The molecular weight excluding hydrogens is 552 g/mol. The molecule has 1 saturated carbocycles. The smallest absolute Gasteiger partial charge is 0.251 e. The van der Waals surface area contributed by atoms with E-state index in [4.69, 9.17) is 4.74 Å². The van der Waals surface area contributed by atoms with Crippen molar-refractivity contribution in [1.29, 1.82) is 0 Å². The highest BCUT2D eigenvalue weighted by atomic mass is 32.1. The normalized spacial score (nSPS) is 20.9. The molecule has 222 valence electrons. The molecule has 2 aromatic heterocycles. The van der Waals surface area contributed by atoms with Crippen LogP contribution in [-0.2, 0) is 32.1 Å². The van der Waals surface area contributed by atoms with E-state index in [1.54, 1.807) is 6.20 Å². The highest BCUT2D eigenvalue weighted by Gasteiger charge is 2.29. The van der Waals surface area contributed by atoms with Gasteiger partial charge in [-0.3, -0.25) is 24.6 Å². The van der Waals surface area contributed by atoms with Crippen LogP contribution in [0, 0.1) is 0 Å². The number of benzene rings is 1. The Labute approximate surface area is 249 Å². The Hall–Kier alpha value is -3.41. The first-order chi connectivity index (χ1) is 20.5. The molecule has 3 aromatic rings. The minimum absolute atomic E-state index is 0.0802. The Balaban J connectivity index is 0.948. The number of ether oxygens (including phenoxy) is 1. The van der Waals surface area contributed by atoms with Crippen molar-refractivity contribution in [1.82, 2.24) is 25.2 Å². The van der Waals surface area contributed by atoms with Crippen LogP contribution in [0.25, 0.3) is 11.3 Å². The number of rotatable bonds is 9. The molecular formula is C31H38N6O4S. The molecule has 2 aliphatic heterocycles. The maximum atomic E-state index is 12.7. The zero-order valence-corrected chi connectivity index (χ0v) is 24.6. The molecule has 2 saturated heterocycles. The Kier molecular flexibility index (Phi) is 9.07. The lowest BCUT2D eigenvalue weighted by atomic mass is 9.97. The second-order valence-corrected chi connectivity index (χ2v) is 12.6. The van der Waals surface area contributed by atoms with E-state index in [1.807, 2.05) is 23.6 Å². The molecule has 42 heavy (non-hydrogen) atoms. The van der Waals surface area contributed by atoms with Crippen molar-refractivity contribution in [3.8, 4) is 11.3 Å². The average Bonchev–Trinajstić information content (AvgIpc) is 3.66. The minimum Gasteiger partial charge on any atom is -0.375 e. The molecule has 4 heterocycles. The Morgan fingerprint density at radius 3 is 2.55 bits per heavy atom. The van der Waals surface area contributed by atoms with Gasteiger partial charge < -0.3 is 10.1 Å². The van der Waals surface area contributed by atoms with E-state index in [2.05, 4.69) is 38.0 Å². The number of nitrogens with one attached hydrogen (secondary N) is 2. The summed E-state index contributed by atoms with van der Waals surface area (Å²) in [6.07, 6.45) is 12.2. The first-order valence-corrected chi connectivity index (χ1v) is 16.0. The van der Waals surface area contributed by atoms with Crippen molar-refractivity contribution in [2.75, 3.05) is 18.4 Å². The third-order valence-corrected chi connectivity index (χ3v) is 9.38. The largest absolute Gasteiger partial charge is 0.375 e. The first-order valence-electron chi connectivity index (χ1n) is 15.1. The van der Waals surface area contributed by atoms with Crippen molar-refractivity contribution in [2.45, 2.75) is 89.0 Å². The van der Waals surface area contributed by atoms with E-state index >= 15 is 0 Å². The molecule has 2 N–H and O–H groups in total. The third kappa shape index (κ3) is 7.32. The van der Waals surface area contributed by atoms with Crippen molar-refractivity contribution in [2.24, 2.45) is 0 Å². The van der Waals surface area contributed by atoms with Crippen LogP contribution in [0.5, 0.6) is 0 Å². The van der Waals surface area contributed by atoms with Crippen LogP contribution in [0.4, 0.5) is 5.69 Å². The summed E-state index contributed by atoms with van der Waals surface area (Å²) in [6.45, 7) is 3.04. The maximum Gasteiger partial charge on any atom is 0.251 e. The SMILES string of the molecule is O=C1CCC(n2cc(-c3csc(CC(=O)Nc4ccc(CN5CCC(OC6CCCCC6)CC5)cc4)c3)nn2)C(=O)N1. The van der Waals surface area contributed by atoms with E-state index in [-0.39, 0.29) is 30.6 Å². The van der Waals surface area contributed by atoms with Crippen LogP contribution in [0.2, 0.25) is 0 Å². The average molecular weight is 591 g/mol. The van der Waals surface area contributed by atoms with Crippen LogP contribution in [-0.4, -0.2) is 62.9 Å². The summed E-state index contributed by atoms with van der Waals surface area (Å²) in [5.74, 6) is -0.707. The predicted octanol–water partition coefficient (Wildman–Crippen LogP) is 4.48. The Morgan fingerprint density at radius 1 is 1.02 bits per heavy atom. The summed E-state index contributed by atoms with van der Waals surface area (Å²) in [5.41, 5.74) is 3.50. The second-order valence-electron chi connectivity index (χ2n) is 11.6. The van der Waals surface area contributed by atoms with Gasteiger partial charge >= 0.3 is 0 Å². The van der Waals surface area contributed by atoms with Crippen LogP contribution in [0.1, 0.15) is 74.3 Å². The van der Waals surface area contributed by atoms with E-state index in [1.165, 1.54) is 53.7 Å². The van der Waals surface area contributed by atoms with Crippen LogP contribution in [0.15, 0.2) is 41.9 Å². The van der Waals surface area contributed by atoms with Gasteiger partial charge in [0.2, 0.25) is 11.8 Å². The van der Waals surface area contributed by atoms with Gasteiger partial charge in [-0.25, -0.2) is 4.68 Å². The summed E-state index contributed by atoms with van der Waals surface area (Å²) < 4.78 is 7.88. The molecule has 10 nitrogen and oxygen atoms in total. The molecule has 1 aromatic carbocycles. The first kappa shape index (κ1) is 28.7. The minimum atomic E-state index is -0.544. The third-order valence-electron chi connectivity index (χ3n) is 8.44.